The lowest BCUT2D eigenvalue weighted by Crippen LogP contribution is -2.30. The van der Waals surface area contributed by atoms with Gasteiger partial charge in [-0.2, -0.15) is 0 Å². The minimum Gasteiger partial charge on any atom is -0.461 e. The molecule has 1 heterocycles. The third kappa shape index (κ3) is 4.78. The van der Waals surface area contributed by atoms with Crippen LogP contribution in [0.15, 0.2) is 5.38 Å². The third-order valence-electron chi connectivity index (χ3n) is 3.14. The van der Waals surface area contributed by atoms with Crippen molar-refractivity contribution in [3.05, 3.63) is 16.1 Å². The fourth-order valence-corrected chi connectivity index (χ4v) is 2.37. The van der Waals surface area contributed by atoms with E-state index in [-0.39, 0.29) is 16.6 Å². The number of nitrogens with zero attached hydrogens (tertiary/aromatic N) is 2. The Morgan fingerprint density at radius 2 is 2.24 bits per heavy atom. The van der Waals surface area contributed by atoms with Crippen molar-refractivity contribution in [2.24, 2.45) is 5.92 Å². The molecule has 0 aromatic carbocycles. The number of thiazole rings is 1. The third-order valence-corrected chi connectivity index (χ3v) is 3.96. The van der Waals surface area contributed by atoms with Crippen molar-refractivity contribution < 1.29 is 19.1 Å². The highest BCUT2D eigenvalue weighted by Gasteiger charge is 2.22. The molecule has 1 aromatic heterocycles. The van der Waals surface area contributed by atoms with Gasteiger partial charge in [-0.05, 0) is 25.7 Å². The summed E-state index contributed by atoms with van der Waals surface area (Å²) in [5, 5.41) is 1.79. The van der Waals surface area contributed by atoms with Crippen molar-refractivity contribution >= 4 is 23.2 Å². The van der Waals surface area contributed by atoms with Gasteiger partial charge in [0.2, 0.25) is 5.01 Å². The van der Waals surface area contributed by atoms with E-state index in [1.807, 2.05) is 0 Å². The van der Waals surface area contributed by atoms with Crippen LogP contribution in [0.4, 0.5) is 0 Å². The standard InChI is InChI=1S/C14H20N2O4S/c1-3-20-14(18)12-15-11(9-21-12)13(17)16(2)6-7-19-8-10-4-5-10/h9-10H,3-8H2,1-2H3. The number of likely N-dealkylation sites (N-methyl/N-ethyl adjacent to an activating group) is 1. The molecule has 0 unspecified atom stereocenters. The zero-order valence-corrected chi connectivity index (χ0v) is 13.1. The minimum atomic E-state index is -0.489. The minimum absolute atomic E-state index is 0.207. The van der Waals surface area contributed by atoms with Gasteiger partial charge in [0, 0.05) is 25.6 Å². The molecule has 6 nitrogen and oxygen atoms in total. The molecule has 21 heavy (non-hydrogen) atoms. The number of hydrogen-bond acceptors (Lipinski definition) is 6. The molecule has 116 valence electrons. The number of esters is 1. The highest BCUT2D eigenvalue weighted by Crippen LogP contribution is 2.28. The first-order valence-corrected chi connectivity index (χ1v) is 7.95. The molecule has 1 fully saturated rings. The molecule has 0 bridgehead atoms. The summed E-state index contributed by atoms with van der Waals surface area (Å²) < 4.78 is 10.4. The van der Waals surface area contributed by atoms with E-state index < -0.39 is 5.97 Å². The normalized spacial score (nSPS) is 14.0. The van der Waals surface area contributed by atoms with Crippen LogP contribution in [0.3, 0.4) is 0 Å². The topological polar surface area (TPSA) is 68.7 Å². The number of hydrogen-bond donors (Lipinski definition) is 0. The molecule has 1 aliphatic carbocycles. The van der Waals surface area contributed by atoms with E-state index in [0.717, 1.165) is 23.9 Å². The molecule has 0 radical (unpaired) electrons. The highest BCUT2D eigenvalue weighted by atomic mass is 32.1. The molecule has 2 rings (SSSR count). The summed E-state index contributed by atoms with van der Waals surface area (Å²) in [6.07, 6.45) is 2.51. The summed E-state index contributed by atoms with van der Waals surface area (Å²) in [5.41, 5.74) is 0.271. The first kappa shape index (κ1) is 15.9. The maximum absolute atomic E-state index is 12.1. The Hall–Kier alpha value is -1.47. The van der Waals surface area contributed by atoms with Crippen molar-refractivity contribution in [2.75, 3.05) is 33.4 Å². The largest absolute Gasteiger partial charge is 0.461 e. The molecule has 0 saturated heterocycles. The smallest absolute Gasteiger partial charge is 0.367 e. The maximum atomic E-state index is 12.1. The fourth-order valence-electron chi connectivity index (χ4n) is 1.69. The van der Waals surface area contributed by atoms with Gasteiger partial charge < -0.3 is 14.4 Å². The van der Waals surface area contributed by atoms with Crippen molar-refractivity contribution in [2.45, 2.75) is 19.8 Å². The van der Waals surface area contributed by atoms with Gasteiger partial charge in [0.25, 0.3) is 5.91 Å². The monoisotopic (exact) mass is 312 g/mol. The van der Waals surface area contributed by atoms with Gasteiger partial charge in [0.15, 0.2) is 0 Å². The molecule has 0 aliphatic heterocycles. The number of carbonyl (C=O) groups is 2. The second-order valence-electron chi connectivity index (χ2n) is 5.00. The van der Waals surface area contributed by atoms with Gasteiger partial charge in [0.05, 0.1) is 13.2 Å². The molecule has 7 heteroatoms. The van der Waals surface area contributed by atoms with Crippen molar-refractivity contribution in [3.63, 3.8) is 0 Å². The fraction of sp³-hybridized carbons (Fsp3) is 0.643. The molecule has 1 aromatic rings. The quantitative estimate of drug-likeness (QED) is 0.541. The van der Waals surface area contributed by atoms with E-state index in [1.54, 1.807) is 24.3 Å². The molecule has 0 atom stereocenters. The summed E-state index contributed by atoms with van der Waals surface area (Å²) in [5.74, 6) is 0.0190. The van der Waals surface area contributed by atoms with Crippen LogP contribution in [-0.2, 0) is 9.47 Å². The molecule has 1 amide bonds. The second-order valence-corrected chi connectivity index (χ2v) is 5.86. The summed E-state index contributed by atoms with van der Waals surface area (Å²) in [6.45, 7) is 3.84. The molecular formula is C14H20N2O4S. The summed E-state index contributed by atoms with van der Waals surface area (Å²) >= 11 is 1.12. The van der Waals surface area contributed by atoms with Gasteiger partial charge in [-0.15, -0.1) is 11.3 Å². The Bertz CT molecular complexity index is 499. The number of amides is 1. The predicted octanol–water partition coefficient (Wildman–Crippen LogP) is 1.82. The van der Waals surface area contributed by atoms with E-state index in [1.165, 1.54) is 12.8 Å². The van der Waals surface area contributed by atoms with Crippen molar-refractivity contribution in [1.82, 2.24) is 9.88 Å². The number of ether oxygens (including phenoxy) is 2. The van der Waals surface area contributed by atoms with Crippen LogP contribution in [0.5, 0.6) is 0 Å². The first-order valence-electron chi connectivity index (χ1n) is 7.07. The summed E-state index contributed by atoms with van der Waals surface area (Å²) in [4.78, 5) is 29.2. The summed E-state index contributed by atoms with van der Waals surface area (Å²) in [6, 6.07) is 0. The Balaban J connectivity index is 1.79. The second kappa shape index (κ2) is 7.51. The lowest BCUT2D eigenvalue weighted by Gasteiger charge is -2.15. The van der Waals surface area contributed by atoms with Gasteiger partial charge in [-0.3, -0.25) is 4.79 Å². The molecule has 1 aliphatic rings. The molecular weight excluding hydrogens is 292 g/mol. The van der Waals surface area contributed by atoms with Crippen molar-refractivity contribution in [1.29, 1.82) is 0 Å². The lowest BCUT2D eigenvalue weighted by atomic mass is 10.4. The Morgan fingerprint density at radius 1 is 1.48 bits per heavy atom. The molecule has 1 saturated carbocycles. The van der Waals surface area contributed by atoms with E-state index in [4.69, 9.17) is 9.47 Å². The van der Waals surface area contributed by atoms with Crippen LogP contribution in [0, 0.1) is 5.92 Å². The maximum Gasteiger partial charge on any atom is 0.367 e. The molecule has 0 spiro atoms. The van der Waals surface area contributed by atoms with Crippen LogP contribution in [0.1, 0.15) is 40.1 Å². The van der Waals surface area contributed by atoms with Crippen LogP contribution >= 0.6 is 11.3 Å². The van der Waals surface area contributed by atoms with Crippen LogP contribution in [0.2, 0.25) is 0 Å². The predicted molar refractivity (Wildman–Crippen MR) is 78.6 cm³/mol. The van der Waals surface area contributed by atoms with Crippen LogP contribution < -0.4 is 0 Å². The number of aromatic nitrogens is 1. The van der Waals surface area contributed by atoms with E-state index >= 15 is 0 Å². The Morgan fingerprint density at radius 3 is 2.90 bits per heavy atom. The number of rotatable bonds is 8. The van der Waals surface area contributed by atoms with Gasteiger partial charge >= 0.3 is 5.97 Å². The lowest BCUT2D eigenvalue weighted by molar-refractivity contribution is 0.0525. The zero-order valence-electron chi connectivity index (χ0n) is 12.3. The van der Waals surface area contributed by atoms with Crippen molar-refractivity contribution in [3.8, 4) is 0 Å². The van der Waals surface area contributed by atoms with Crippen LogP contribution in [0.25, 0.3) is 0 Å². The van der Waals surface area contributed by atoms with Gasteiger partial charge in [-0.25, -0.2) is 9.78 Å². The Kier molecular flexibility index (Phi) is 5.69. The van der Waals surface area contributed by atoms with E-state index in [9.17, 15) is 9.59 Å². The van der Waals surface area contributed by atoms with Crippen LogP contribution in [-0.4, -0.2) is 55.2 Å². The summed E-state index contributed by atoms with van der Waals surface area (Å²) in [7, 11) is 1.70. The van der Waals surface area contributed by atoms with Gasteiger partial charge in [-0.1, -0.05) is 0 Å². The van der Waals surface area contributed by atoms with E-state index in [0.29, 0.717) is 19.8 Å². The van der Waals surface area contributed by atoms with E-state index in [2.05, 4.69) is 4.98 Å². The Labute approximate surface area is 128 Å². The first-order chi connectivity index (χ1) is 10.1. The zero-order chi connectivity index (χ0) is 15.2. The van der Waals surface area contributed by atoms with Gasteiger partial charge in [0.1, 0.15) is 5.69 Å². The average Bonchev–Trinajstić information content (AvgIpc) is 3.16. The average molecular weight is 312 g/mol. The SMILES string of the molecule is CCOC(=O)c1nc(C(=O)N(C)CCOCC2CC2)cs1. The number of carbonyl (C=O) groups excluding carboxylic acids is 2. The molecule has 0 N–H and O–H groups in total. The highest BCUT2D eigenvalue weighted by molar-refractivity contribution is 7.11.